The zero-order chi connectivity index (χ0) is 14.4. The van der Waals surface area contributed by atoms with Crippen molar-refractivity contribution in [3.05, 3.63) is 59.4 Å². The minimum absolute atomic E-state index is 0.355. The number of ether oxygens (including phenoxy) is 1. The number of aryl methyl sites for hydroxylation is 1. The molecule has 1 unspecified atom stereocenters. The molecule has 0 aliphatic heterocycles. The number of rotatable bonds is 6. The quantitative estimate of drug-likeness (QED) is 0.765. The maximum Gasteiger partial charge on any atom is 0.118 e. The summed E-state index contributed by atoms with van der Waals surface area (Å²) in [6.07, 6.45) is 5.51. The maximum absolute atomic E-state index is 5.20. The molecule has 1 aromatic carbocycles. The molecular formula is C18H23NO. The van der Waals surface area contributed by atoms with Gasteiger partial charge >= 0.3 is 0 Å². The summed E-state index contributed by atoms with van der Waals surface area (Å²) in [4.78, 5) is 4.57. The fraction of sp³-hybridized carbons (Fsp3) is 0.389. The van der Waals surface area contributed by atoms with Crippen molar-refractivity contribution in [3.63, 3.8) is 0 Å². The molecule has 1 atom stereocenters. The Bertz CT molecular complexity index is 516. The predicted molar refractivity (Wildman–Crippen MR) is 83.4 cm³/mol. The number of hydrogen-bond donors (Lipinski definition) is 0. The van der Waals surface area contributed by atoms with Gasteiger partial charge in [-0.1, -0.05) is 38.5 Å². The molecule has 0 spiro atoms. The molecule has 106 valence electrons. The van der Waals surface area contributed by atoms with Crippen LogP contribution in [0.5, 0.6) is 5.75 Å². The fourth-order valence-corrected chi connectivity index (χ4v) is 2.28. The molecule has 0 amide bonds. The van der Waals surface area contributed by atoms with Gasteiger partial charge in [-0.3, -0.25) is 4.98 Å². The van der Waals surface area contributed by atoms with Crippen molar-refractivity contribution in [2.75, 3.05) is 7.11 Å². The van der Waals surface area contributed by atoms with Crippen LogP contribution in [0.25, 0.3) is 0 Å². The number of benzene rings is 1. The molecule has 2 rings (SSSR count). The minimum atomic E-state index is 0.355. The second kappa shape index (κ2) is 7.09. The molecule has 0 bridgehead atoms. The molecule has 1 heterocycles. The first-order valence-electron chi connectivity index (χ1n) is 7.33. The molecule has 0 radical (unpaired) electrons. The lowest BCUT2D eigenvalue weighted by Crippen LogP contribution is -1.98. The zero-order valence-corrected chi connectivity index (χ0v) is 12.6. The van der Waals surface area contributed by atoms with E-state index in [9.17, 15) is 0 Å². The van der Waals surface area contributed by atoms with Gasteiger partial charge in [0, 0.05) is 17.8 Å². The van der Waals surface area contributed by atoms with Gasteiger partial charge in [0.15, 0.2) is 0 Å². The molecule has 20 heavy (non-hydrogen) atoms. The van der Waals surface area contributed by atoms with Crippen molar-refractivity contribution in [1.82, 2.24) is 4.98 Å². The lowest BCUT2D eigenvalue weighted by Gasteiger charge is -2.13. The first kappa shape index (κ1) is 14.6. The first-order valence-corrected chi connectivity index (χ1v) is 7.33. The Morgan fingerprint density at radius 3 is 2.30 bits per heavy atom. The summed E-state index contributed by atoms with van der Waals surface area (Å²) in [5.74, 6) is 1.25. The van der Waals surface area contributed by atoms with Crippen LogP contribution in [0.4, 0.5) is 0 Å². The van der Waals surface area contributed by atoms with Gasteiger partial charge in [0.25, 0.3) is 0 Å². The third-order valence-electron chi connectivity index (χ3n) is 3.75. The van der Waals surface area contributed by atoms with E-state index in [0.717, 1.165) is 12.2 Å². The highest BCUT2D eigenvalue weighted by Crippen LogP contribution is 2.25. The van der Waals surface area contributed by atoms with Crippen molar-refractivity contribution in [3.8, 4) is 5.75 Å². The molecule has 0 N–H and O–H groups in total. The van der Waals surface area contributed by atoms with Gasteiger partial charge in [-0.25, -0.2) is 0 Å². The van der Waals surface area contributed by atoms with Gasteiger partial charge in [0.1, 0.15) is 5.75 Å². The van der Waals surface area contributed by atoms with Crippen LogP contribution in [0.3, 0.4) is 0 Å². The number of methoxy groups -OCH3 is 1. The largest absolute Gasteiger partial charge is 0.497 e. The van der Waals surface area contributed by atoms with Gasteiger partial charge in [0.05, 0.1) is 7.11 Å². The number of hydrogen-bond acceptors (Lipinski definition) is 2. The Balaban J connectivity index is 2.09. The topological polar surface area (TPSA) is 22.1 Å². The van der Waals surface area contributed by atoms with Gasteiger partial charge in [0.2, 0.25) is 0 Å². The van der Waals surface area contributed by atoms with Crippen molar-refractivity contribution in [1.29, 1.82) is 0 Å². The average Bonchev–Trinajstić information content (AvgIpc) is 2.53. The van der Waals surface area contributed by atoms with Gasteiger partial charge in [-0.05, 0) is 42.2 Å². The molecule has 0 saturated carbocycles. The van der Waals surface area contributed by atoms with Crippen LogP contribution in [-0.2, 0) is 6.42 Å². The summed E-state index contributed by atoms with van der Waals surface area (Å²) in [6.45, 7) is 4.42. The van der Waals surface area contributed by atoms with E-state index in [1.165, 1.54) is 29.7 Å². The number of aromatic nitrogens is 1. The Morgan fingerprint density at radius 2 is 1.75 bits per heavy atom. The van der Waals surface area contributed by atoms with Gasteiger partial charge < -0.3 is 4.74 Å². The molecule has 0 aliphatic carbocycles. The molecule has 0 fully saturated rings. The third-order valence-corrected chi connectivity index (χ3v) is 3.75. The van der Waals surface area contributed by atoms with E-state index in [4.69, 9.17) is 4.74 Å². The lowest BCUT2D eigenvalue weighted by atomic mass is 9.94. The first-order chi connectivity index (χ1) is 9.74. The van der Waals surface area contributed by atoms with Crippen molar-refractivity contribution < 1.29 is 4.74 Å². The van der Waals surface area contributed by atoms with E-state index >= 15 is 0 Å². The van der Waals surface area contributed by atoms with Crippen LogP contribution >= 0.6 is 0 Å². The smallest absolute Gasteiger partial charge is 0.118 e. The molecule has 2 aromatic rings. The molecule has 2 nitrogen and oxygen atoms in total. The van der Waals surface area contributed by atoms with Crippen molar-refractivity contribution in [2.24, 2.45) is 0 Å². The van der Waals surface area contributed by atoms with E-state index < -0.39 is 0 Å². The van der Waals surface area contributed by atoms with E-state index in [1.54, 1.807) is 7.11 Å². The highest BCUT2D eigenvalue weighted by atomic mass is 16.5. The van der Waals surface area contributed by atoms with Gasteiger partial charge in [-0.2, -0.15) is 0 Å². The summed E-state index contributed by atoms with van der Waals surface area (Å²) in [6, 6.07) is 12.6. The highest BCUT2D eigenvalue weighted by molar-refractivity contribution is 5.34. The third kappa shape index (κ3) is 3.60. The molecule has 1 aromatic heterocycles. The van der Waals surface area contributed by atoms with Gasteiger partial charge in [-0.15, -0.1) is 0 Å². The second-order valence-electron chi connectivity index (χ2n) is 5.18. The summed E-state index contributed by atoms with van der Waals surface area (Å²) in [5, 5.41) is 0. The van der Waals surface area contributed by atoms with E-state index in [1.807, 2.05) is 18.3 Å². The summed E-state index contributed by atoms with van der Waals surface area (Å²) < 4.78 is 5.20. The fourth-order valence-electron chi connectivity index (χ4n) is 2.28. The molecule has 0 aliphatic rings. The molecule has 2 heteroatoms. The Kier molecular flexibility index (Phi) is 5.16. The average molecular weight is 269 g/mol. The molecule has 0 saturated heterocycles. The van der Waals surface area contributed by atoms with Crippen LogP contribution < -0.4 is 4.74 Å². The highest BCUT2D eigenvalue weighted by Gasteiger charge is 2.09. The van der Waals surface area contributed by atoms with Crippen molar-refractivity contribution in [2.45, 2.75) is 39.0 Å². The SMILES string of the molecule is CCCCc1ccc(C(C)c2ccc(OC)cc2)cn1. The van der Waals surface area contributed by atoms with E-state index in [-0.39, 0.29) is 0 Å². The summed E-state index contributed by atoms with van der Waals surface area (Å²) in [7, 11) is 1.69. The number of nitrogens with zero attached hydrogens (tertiary/aromatic N) is 1. The normalized spacial score (nSPS) is 12.2. The summed E-state index contributed by atoms with van der Waals surface area (Å²) >= 11 is 0. The monoisotopic (exact) mass is 269 g/mol. The lowest BCUT2D eigenvalue weighted by molar-refractivity contribution is 0.414. The second-order valence-corrected chi connectivity index (χ2v) is 5.18. The Morgan fingerprint density at radius 1 is 1.05 bits per heavy atom. The zero-order valence-electron chi connectivity index (χ0n) is 12.6. The van der Waals surface area contributed by atoms with Crippen molar-refractivity contribution >= 4 is 0 Å². The van der Waals surface area contributed by atoms with Crippen LogP contribution in [0, 0.1) is 0 Å². The minimum Gasteiger partial charge on any atom is -0.497 e. The predicted octanol–water partition coefficient (Wildman–Crippen LogP) is 4.58. The van der Waals surface area contributed by atoms with E-state index in [2.05, 4.69) is 43.1 Å². The molecular weight excluding hydrogens is 246 g/mol. The van der Waals surface area contributed by atoms with Crippen LogP contribution in [0.1, 0.15) is 49.4 Å². The van der Waals surface area contributed by atoms with E-state index in [0.29, 0.717) is 5.92 Å². The van der Waals surface area contributed by atoms with Crippen LogP contribution in [0.15, 0.2) is 42.6 Å². The Labute approximate surface area is 121 Å². The summed E-state index contributed by atoms with van der Waals surface area (Å²) in [5.41, 5.74) is 3.74. The number of pyridine rings is 1. The number of unbranched alkanes of at least 4 members (excludes halogenated alkanes) is 1. The maximum atomic E-state index is 5.20. The Hall–Kier alpha value is -1.83. The van der Waals surface area contributed by atoms with Crippen LogP contribution in [-0.4, -0.2) is 12.1 Å². The standard InChI is InChI=1S/C18H23NO/c1-4-5-6-17-10-7-16(13-19-17)14(2)15-8-11-18(20-3)12-9-15/h7-14H,4-6H2,1-3H3. The van der Waals surface area contributed by atoms with Crippen LogP contribution in [0.2, 0.25) is 0 Å².